The Morgan fingerprint density at radius 1 is 1.62 bits per heavy atom. The number of aromatic nitrogens is 4. The molecule has 1 saturated carbocycles. The first kappa shape index (κ1) is 14.0. The predicted octanol–water partition coefficient (Wildman–Crippen LogP) is -1.63. The Kier molecular flexibility index (Phi) is 3.01. The third-order valence-electron chi connectivity index (χ3n) is 4.34. The number of aromatic amines is 1. The lowest BCUT2D eigenvalue weighted by atomic mass is 9.92. The number of nitrogens with zero attached hydrogens (tertiary/aromatic N) is 3. The largest absolute Gasteiger partial charge is 0.396 e. The quantitative estimate of drug-likeness (QED) is 0.446. The van der Waals surface area contributed by atoms with Gasteiger partial charge in [-0.25, -0.2) is 4.98 Å². The van der Waals surface area contributed by atoms with Gasteiger partial charge in [0, 0.05) is 12.5 Å². The summed E-state index contributed by atoms with van der Waals surface area (Å²) in [7, 11) is 0. The van der Waals surface area contributed by atoms with Crippen LogP contribution in [-0.2, 0) is 0 Å². The second-order valence-electron chi connectivity index (χ2n) is 5.63. The molecule has 21 heavy (non-hydrogen) atoms. The second-order valence-corrected chi connectivity index (χ2v) is 5.63. The molecule has 0 aromatic carbocycles. The smallest absolute Gasteiger partial charge is 0.280 e. The van der Waals surface area contributed by atoms with Crippen LogP contribution in [0.15, 0.2) is 11.1 Å². The molecule has 0 amide bonds. The van der Waals surface area contributed by atoms with Crippen LogP contribution < -0.4 is 11.3 Å². The van der Waals surface area contributed by atoms with Crippen molar-refractivity contribution >= 4 is 17.1 Å². The van der Waals surface area contributed by atoms with Crippen LogP contribution in [0.5, 0.6) is 0 Å². The summed E-state index contributed by atoms with van der Waals surface area (Å²) in [5.41, 5.74) is 4.00. The van der Waals surface area contributed by atoms with Crippen LogP contribution in [0.4, 0.5) is 5.95 Å². The van der Waals surface area contributed by atoms with Crippen molar-refractivity contribution < 1.29 is 15.3 Å². The van der Waals surface area contributed by atoms with Gasteiger partial charge in [0.05, 0.1) is 18.0 Å². The number of hydrogen-bond acceptors (Lipinski definition) is 7. The maximum absolute atomic E-state index is 11.8. The number of fused-ring (bicyclic) bond motifs is 1. The van der Waals surface area contributed by atoms with E-state index in [-0.39, 0.29) is 23.7 Å². The zero-order chi connectivity index (χ0) is 15.4. The fraction of sp³-hybridized carbons (Fsp3) is 0.583. The van der Waals surface area contributed by atoms with E-state index in [4.69, 9.17) is 5.73 Å². The predicted molar refractivity (Wildman–Crippen MR) is 73.4 cm³/mol. The number of rotatable bonds is 2. The van der Waals surface area contributed by atoms with E-state index >= 15 is 0 Å². The highest BCUT2D eigenvalue weighted by molar-refractivity contribution is 5.70. The number of imidazole rings is 1. The molecule has 0 radical (unpaired) electrons. The summed E-state index contributed by atoms with van der Waals surface area (Å²) in [4.78, 5) is 22.1. The molecule has 114 valence electrons. The number of nitrogen functional groups attached to an aromatic ring is 1. The van der Waals surface area contributed by atoms with Crippen molar-refractivity contribution in [2.45, 2.75) is 31.1 Å². The standard InChI is InChI=1S/C12H17N5O4/c1-12(21)5(3-18)2-6(8(12)19)17-4-14-7-9(17)15-11(13)16-10(7)20/h4-6,8,18-19,21H,2-3H2,1H3,(H3,13,15,16,20)/t5-,6-,8?,12?/m1/s1. The molecule has 3 rings (SSSR count). The summed E-state index contributed by atoms with van der Waals surface area (Å²) in [6.07, 6.45) is 0.606. The van der Waals surface area contributed by atoms with Crippen LogP contribution in [-0.4, -0.2) is 53.2 Å². The summed E-state index contributed by atoms with van der Waals surface area (Å²) in [5.74, 6) is -0.526. The number of anilines is 1. The summed E-state index contributed by atoms with van der Waals surface area (Å²) < 4.78 is 1.52. The number of nitrogens with one attached hydrogen (secondary N) is 1. The lowest BCUT2D eigenvalue weighted by molar-refractivity contribution is -0.0840. The van der Waals surface area contributed by atoms with E-state index in [1.807, 2.05) is 0 Å². The Hall–Kier alpha value is -1.97. The Labute approximate surface area is 119 Å². The summed E-state index contributed by atoms with van der Waals surface area (Å²) in [6.45, 7) is 1.23. The van der Waals surface area contributed by atoms with Crippen molar-refractivity contribution in [3.05, 3.63) is 16.7 Å². The molecule has 2 aromatic rings. The number of nitrogens with two attached hydrogens (primary N) is 1. The Morgan fingerprint density at radius 3 is 2.95 bits per heavy atom. The molecule has 6 N–H and O–H groups in total. The SMILES string of the molecule is CC1(O)C(O)[C@H](n2cnc3c(=O)[nH]c(N)nc32)C[C@@H]1CO. The van der Waals surface area contributed by atoms with Crippen molar-refractivity contribution in [1.82, 2.24) is 19.5 Å². The third-order valence-corrected chi connectivity index (χ3v) is 4.34. The number of H-pyrrole nitrogens is 1. The average Bonchev–Trinajstić information content (AvgIpc) is 2.91. The van der Waals surface area contributed by atoms with Crippen LogP contribution in [0.25, 0.3) is 11.2 Å². The van der Waals surface area contributed by atoms with Gasteiger partial charge in [0.25, 0.3) is 5.56 Å². The monoisotopic (exact) mass is 295 g/mol. The summed E-state index contributed by atoms with van der Waals surface area (Å²) >= 11 is 0. The first-order valence-electron chi connectivity index (χ1n) is 6.60. The zero-order valence-corrected chi connectivity index (χ0v) is 11.4. The molecular weight excluding hydrogens is 278 g/mol. The van der Waals surface area contributed by atoms with Crippen molar-refractivity contribution in [3.63, 3.8) is 0 Å². The molecule has 2 aromatic heterocycles. The lowest BCUT2D eigenvalue weighted by Gasteiger charge is -2.28. The molecule has 4 atom stereocenters. The molecular formula is C12H17N5O4. The summed E-state index contributed by atoms with van der Waals surface area (Å²) in [5, 5.41) is 30.0. The van der Waals surface area contributed by atoms with Crippen LogP contribution in [0.2, 0.25) is 0 Å². The minimum atomic E-state index is -1.43. The molecule has 2 unspecified atom stereocenters. The fourth-order valence-electron chi connectivity index (χ4n) is 3.00. The summed E-state index contributed by atoms with van der Waals surface area (Å²) in [6, 6.07) is -0.546. The lowest BCUT2D eigenvalue weighted by Crippen LogP contribution is -2.43. The van der Waals surface area contributed by atoms with E-state index in [0.717, 1.165) is 0 Å². The van der Waals surface area contributed by atoms with Gasteiger partial charge in [0.2, 0.25) is 5.95 Å². The van der Waals surface area contributed by atoms with E-state index in [0.29, 0.717) is 6.42 Å². The maximum Gasteiger partial charge on any atom is 0.280 e. The van der Waals surface area contributed by atoms with Gasteiger partial charge in [0.1, 0.15) is 6.10 Å². The topological polar surface area (TPSA) is 150 Å². The fourth-order valence-corrected chi connectivity index (χ4v) is 3.00. The van der Waals surface area contributed by atoms with Crippen LogP contribution in [0, 0.1) is 5.92 Å². The molecule has 0 spiro atoms. The highest BCUT2D eigenvalue weighted by Crippen LogP contribution is 2.42. The maximum atomic E-state index is 11.8. The van der Waals surface area contributed by atoms with Gasteiger partial charge in [-0.15, -0.1) is 0 Å². The van der Waals surface area contributed by atoms with E-state index in [9.17, 15) is 20.1 Å². The highest BCUT2D eigenvalue weighted by Gasteiger charge is 2.51. The number of hydrogen-bond donors (Lipinski definition) is 5. The van der Waals surface area contributed by atoms with E-state index < -0.39 is 29.2 Å². The number of aliphatic hydroxyl groups is 3. The minimum absolute atomic E-state index is 0.0489. The van der Waals surface area contributed by atoms with Crippen LogP contribution in [0.1, 0.15) is 19.4 Å². The van der Waals surface area contributed by atoms with Crippen molar-refractivity contribution in [2.75, 3.05) is 12.3 Å². The molecule has 1 fully saturated rings. The van der Waals surface area contributed by atoms with E-state index in [1.54, 1.807) is 0 Å². The normalized spacial score (nSPS) is 32.9. The van der Waals surface area contributed by atoms with E-state index in [1.165, 1.54) is 17.8 Å². The van der Waals surface area contributed by atoms with Crippen molar-refractivity contribution in [2.24, 2.45) is 5.92 Å². The molecule has 0 saturated heterocycles. The zero-order valence-electron chi connectivity index (χ0n) is 11.4. The second kappa shape index (κ2) is 4.52. The molecule has 9 heteroatoms. The third kappa shape index (κ3) is 1.93. The van der Waals surface area contributed by atoms with E-state index in [2.05, 4.69) is 15.0 Å². The highest BCUT2D eigenvalue weighted by atomic mass is 16.3. The average molecular weight is 295 g/mol. The van der Waals surface area contributed by atoms with Gasteiger partial charge < -0.3 is 25.6 Å². The van der Waals surface area contributed by atoms with Gasteiger partial charge in [-0.1, -0.05) is 0 Å². The van der Waals surface area contributed by atoms with Crippen LogP contribution >= 0.6 is 0 Å². The first-order valence-corrected chi connectivity index (χ1v) is 6.60. The molecule has 2 heterocycles. The van der Waals surface area contributed by atoms with Gasteiger partial charge in [0.15, 0.2) is 11.2 Å². The van der Waals surface area contributed by atoms with Crippen LogP contribution in [0.3, 0.4) is 0 Å². The van der Waals surface area contributed by atoms with Crippen molar-refractivity contribution in [1.29, 1.82) is 0 Å². The Morgan fingerprint density at radius 2 is 2.33 bits per heavy atom. The Balaban J connectivity index is 2.12. The minimum Gasteiger partial charge on any atom is -0.396 e. The van der Waals surface area contributed by atoms with Gasteiger partial charge in [-0.3, -0.25) is 9.78 Å². The van der Waals surface area contributed by atoms with Gasteiger partial charge in [-0.05, 0) is 13.3 Å². The van der Waals surface area contributed by atoms with Gasteiger partial charge in [-0.2, -0.15) is 4.98 Å². The number of aliphatic hydroxyl groups excluding tert-OH is 2. The molecule has 0 bridgehead atoms. The Bertz CT molecular complexity index is 737. The van der Waals surface area contributed by atoms with Gasteiger partial charge >= 0.3 is 0 Å². The molecule has 9 nitrogen and oxygen atoms in total. The first-order chi connectivity index (χ1) is 9.86. The molecule has 1 aliphatic carbocycles. The molecule has 0 aliphatic heterocycles. The molecule has 1 aliphatic rings. The van der Waals surface area contributed by atoms with Crippen molar-refractivity contribution in [3.8, 4) is 0 Å².